The molecular weight excluding hydrogens is 772 g/mol. The molecule has 0 unspecified atom stereocenters. The normalized spacial score (nSPS) is 11.8. The van der Waals surface area contributed by atoms with Crippen molar-refractivity contribution >= 4 is 94.6 Å². The summed E-state index contributed by atoms with van der Waals surface area (Å²) in [6.45, 7) is 0. The van der Waals surface area contributed by atoms with Gasteiger partial charge in [0.25, 0.3) is 0 Å². The predicted octanol–water partition coefficient (Wildman–Crippen LogP) is 14.9. The van der Waals surface area contributed by atoms with E-state index >= 15 is 0 Å². The second kappa shape index (κ2) is 13.2. The maximum atomic E-state index is 6.40. The van der Waals surface area contributed by atoms with Gasteiger partial charge in [-0.15, -0.1) is 0 Å². The third-order valence-electron chi connectivity index (χ3n) is 11.6. The molecule has 0 radical (unpaired) electrons. The van der Waals surface area contributed by atoms with E-state index in [-0.39, 0.29) is 0 Å². The van der Waals surface area contributed by atoms with E-state index < -0.39 is 0 Å². The molecule has 272 valence electrons. The topological polar surface area (TPSA) is 21.3 Å². The van der Waals surface area contributed by atoms with Crippen molar-refractivity contribution in [2.75, 3.05) is 4.90 Å². The number of rotatable bonds is 6. The third kappa shape index (κ3) is 5.27. The molecule has 12 aromatic rings. The summed E-state index contributed by atoms with van der Waals surface area (Å²) in [5, 5.41) is 7.47. The fraction of sp³-hybridized carbons (Fsp3) is 0. The minimum atomic E-state index is 0.359. The van der Waals surface area contributed by atoms with Crippen LogP contribution in [0.1, 0.15) is 0 Å². The molecule has 0 spiro atoms. The Balaban J connectivity index is 0.980. The van der Waals surface area contributed by atoms with E-state index in [0.29, 0.717) is 14.5 Å². The number of hydrogen-bond donors (Lipinski definition) is 0. The molecule has 0 saturated heterocycles. The molecule has 3 heterocycles. The molecule has 0 amide bonds. The summed E-state index contributed by atoms with van der Waals surface area (Å²) in [7, 11) is 0. The molecule has 3 nitrogen and oxygen atoms in total. The molecule has 4 heteroatoms. The number of aromatic nitrogens is 1. The predicted molar refractivity (Wildman–Crippen MR) is 246 cm³/mol. The van der Waals surface area contributed by atoms with Crippen molar-refractivity contribution < 1.29 is 4.42 Å². The van der Waals surface area contributed by atoms with Crippen LogP contribution in [-0.4, -0.2) is 19.1 Å². The van der Waals surface area contributed by atoms with E-state index in [0.717, 1.165) is 50.3 Å². The van der Waals surface area contributed by atoms with Crippen LogP contribution in [0.4, 0.5) is 17.1 Å². The van der Waals surface area contributed by atoms with Crippen LogP contribution in [0.3, 0.4) is 0 Å². The number of nitrogens with zero attached hydrogens (tertiary/aromatic N) is 2. The molecule has 0 aliphatic rings. The number of fused-ring (bicyclic) bond motifs is 9. The van der Waals surface area contributed by atoms with E-state index in [1.165, 1.54) is 57.8 Å². The third-order valence-corrected chi connectivity index (χ3v) is 14.0. The molecule has 58 heavy (non-hydrogen) atoms. The number of hydrogen-bond acceptors (Lipinski definition) is 2. The fourth-order valence-electron chi connectivity index (χ4n) is 8.89. The summed E-state index contributed by atoms with van der Waals surface area (Å²) in [6, 6.07) is 74.8. The second-order valence-electron chi connectivity index (χ2n) is 14.9. The Bertz CT molecular complexity index is 3500. The van der Waals surface area contributed by atoms with Crippen LogP contribution in [0.2, 0.25) is 0 Å². The zero-order valence-electron chi connectivity index (χ0n) is 31.3. The molecule has 0 N–H and O–H groups in total. The van der Waals surface area contributed by atoms with Crippen LogP contribution >= 0.6 is 0 Å². The number of anilines is 3. The van der Waals surface area contributed by atoms with Gasteiger partial charge in [-0.25, -0.2) is 0 Å². The zero-order valence-corrected chi connectivity index (χ0v) is 33.1. The Kier molecular flexibility index (Phi) is 7.56. The van der Waals surface area contributed by atoms with Gasteiger partial charge in [-0.3, -0.25) is 0 Å². The van der Waals surface area contributed by atoms with Gasteiger partial charge in [0.05, 0.1) is 11.0 Å². The molecule has 3 aromatic heterocycles. The Morgan fingerprint density at radius 1 is 0.379 bits per heavy atom. The van der Waals surface area contributed by atoms with Crippen LogP contribution in [0, 0.1) is 0 Å². The minimum absolute atomic E-state index is 0.359. The fourth-order valence-corrected chi connectivity index (χ4v) is 11.2. The average molecular weight is 806 g/mol. The molecular formula is C54H34N2OSe. The molecule has 0 bridgehead atoms. The first kappa shape index (κ1) is 33.1. The standard InChI is InChI=1S/C54H34N2OSe/c1-2-11-39(12-3-1)56-47-16-7-4-13-42(47)43-31-25-38(34-49(43)56)36-23-29-41(30-24-36)55(48-17-10-19-51-54(48)45-15-5-8-18-50(45)57-51)40-27-21-35(22-28-40)37-26-32-53-46(33-37)44-14-6-9-20-52(44)58-53/h1-34H. The van der Waals surface area contributed by atoms with Crippen LogP contribution < -0.4 is 4.90 Å². The van der Waals surface area contributed by atoms with Crippen LogP contribution in [0.5, 0.6) is 0 Å². The van der Waals surface area contributed by atoms with Gasteiger partial charge in [0.15, 0.2) is 0 Å². The quantitative estimate of drug-likeness (QED) is 0.156. The molecule has 0 aliphatic carbocycles. The van der Waals surface area contributed by atoms with E-state index in [2.05, 4.69) is 210 Å². The van der Waals surface area contributed by atoms with Gasteiger partial charge in [-0.05, 0) is 47.5 Å². The first-order valence-corrected chi connectivity index (χ1v) is 21.4. The van der Waals surface area contributed by atoms with Crippen LogP contribution in [0.25, 0.3) is 91.0 Å². The van der Waals surface area contributed by atoms with Gasteiger partial charge in [0.1, 0.15) is 5.58 Å². The first-order chi connectivity index (χ1) is 28.7. The smallest absolute Gasteiger partial charge is 0.0602 e. The molecule has 0 aliphatic heterocycles. The van der Waals surface area contributed by atoms with Gasteiger partial charge in [0.2, 0.25) is 0 Å². The van der Waals surface area contributed by atoms with Crippen molar-refractivity contribution in [3.63, 3.8) is 0 Å². The number of furan rings is 1. The summed E-state index contributed by atoms with van der Waals surface area (Å²) in [5.41, 5.74) is 13.3. The van der Waals surface area contributed by atoms with Crippen molar-refractivity contribution in [3.05, 3.63) is 206 Å². The molecule has 0 atom stereocenters. The van der Waals surface area contributed by atoms with Crippen LogP contribution in [0.15, 0.2) is 211 Å². The van der Waals surface area contributed by atoms with E-state index in [9.17, 15) is 0 Å². The average Bonchev–Trinajstić information content (AvgIpc) is 3.97. The Morgan fingerprint density at radius 2 is 0.966 bits per heavy atom. The summed E-state index contributed by atoms with van der Waals surface area (Å²) in [5.74, 6) is 0. The Morgan fingerprint density at radius 3 is 1.76 bits per heavy atom. The number of para-hydroxylation sites is 3. The molecule has 9 aromatic carbocycles. The van der Waals surface area contributed by atoms with Gasteiger partial charge in [-0.1, -0.05) is 66.7 Å². The van der Waals surface area contributed by atoms with E-state index in [1.807, 2.05) is 6.07 Å². The summed E-state index contributed by atoms with van der Waals surface area (Å²) >= 11 is 0.359. The van der Waals surface area contributed by atoms with Gasteiger partial charge in [0, 0.05) is 16.5 Å². The minimum Gasteiger partial charge on any atom is -0.0602 e. The van der Waals surface area contributed by atoms with Crippen molar-refractivity contribution in [2.24, 2.45) is 0 Å². The van der Waals surface area contributed by atoms with Crippen molar-refractivity contribution in [1.82, 2.24) is 4.57 Å². The Labute approximate surface area is 341 Å². The summed E-state index contributed by atoms with van der Waals surface area (Å²) < 4.78 is 11.7. The SMILES string of the molecule is c1ccc(-n2c3ccccc3c3ccc(-c4ccc(N(c5ccc(-c6ccc7[se]c8ccccc8c7c6)cc5)c5cccc6oc7ccccc7c56)cc4)cc32)cc1. The van der Waals surface area contributed by atoms with E-state index in [4.69, 9.17) is 4.42 Å². The second-order valence-corrected chi connectivity index (χ2v) is 17.2. The van der Waals surface area contributed by atoms with Crippen molar-refractivity contribution in [2.45, 2.75) is 0 Å². The maximum absolute atomic E-state index is 6.40. The first-order valence-electron chi connectivity index (χ1n) is 19.7. The monoisotopic (exact) mass is 806 g/mol. The van der Waals surface area contributed by atoms with E-state index in [1.54, 1.807) is 0 Å². The Hall–Kier alpha value is -7.10. The van der Waals surface area contributed by atoms with Gasteiger partial charge < -0.3 is 8.98 Å². The summed E-state index contributed by atoms with van der Waals surface area (Å²) in [6.07, 6.45) is 0. The van der Waals surface area contributed by atoms with Gasteiger partial charge in [-0.2, -0.15) is 0 Å². The van der Waals surface area contributed by atoms with Gasteiger partial charge >= 0.3 is 186 Å². The summed E-state index contributed by atoms with van der Waals surface area (Å²) in [4.78, 5) is 2.37. The molecule has 12 rings (SSSR count). The molecule has 0 fully saturated rings. The van der Waals surface area contributed by atoms with Crippen molar-refractivity contribution in [1.29, 1.82) is 0 Å². The number of benzene rings is 9. The van der Waals surface area contributed by atoms with Crippen molar-refractivity contribution in [3.8, 4) is 27.9 Å². The van der Waals surface area contributed by atoms with Crippen LogP contribution in [-0.2, 0) is 0 Å². The zero-order chi connectivity index (χ0) is 38.2. The molecule has 0 saturated carbocycles.